The predicted octanol–water partition coefficient (Wildman–Crippen LogP) is 3.06. The lowest BCUT2D eigenvalue weighted by molar-refractivity contribution is -0.287. The Morgan fingerprint density at radius 1 is 1.19 bits per heavy atom. The second kappa shape index (κ2) is 6.94. The molecule has 5 nitrogen and oxygen atoms in total. The molecule has 7 heteroatoms. The Balaban J connectivity index is 1.52. The fourth-order valence-electron chi connectivity index (χ4n) is 4.51. The molecule has 1 saturated carbocycles. The standard InChI is InChI=1S/C19H25F2NO4/c20-19(21)25-15-4-1-3-14(16(15)26-19)11-22-17(13-5-9-24-10-6-13)18(12-23)7-2-8-18/h1,3-4,13,17,22-23H,2,5-12H2. The molecule has 0 bridgehead atoms. The number of aliphatic hydroxyl groups is 1. The van der Waals surface area contributed by atoms with Crippen LogP contribution in [0.1, 0.15) is 37.7 Å². The molecule has 3 aliphatic rings. The van der Waals surface area contributed by atoms with Crippen LogP contribution in [0.3, 0.4) is 0 Å². The Morgan fingerprint density at radius 3 is 2.62 bits per heavy atom. The van der Waals surface area contributed by atoms with E-state index in [0.717, 1.165) is 45.3 Å². The number of aliphatic hydroxyl groups excluding tert-OH is 1. The van der Waals surface area contributed by atoms with Crippen molar-refractivity contribution in [3.05, 3.63) is 23.8 Å². The van der Waals surface area contributed by atoms with Crippen LogP contribution < -0.4 is 14.8 Å². The number of rotatable bonds is 6. The molecular weight excluding hydrogens is 344 g/mol. The molecule has 0 radical (unpaired) electrons. The maximum atomic E-state index is 13.4. The van der Waals surface area contributed by atoms with E-state index < -0.39 is 6.29 Å². The molecule has 2 N–H and O–H groups in total. The van der Waals surface area contributed by atoms with Gasteiger partial charge < -0.3 is 24.6 Å². The lowest BCUT2D eigenvalue weighted by Gasteiger charge is -2.50. The topological polar surface area (TPSA) is 60.0 Å². The minimum absolute atomic E-state index is 0.0671. The van der Waals surface area contributed by atoms with Gasteiger partial charge in [0.05, 0.1) is 6.61 Å². The van der Waals surface area contributed by atoms with Gasteiger partial charge in [0.15, 0.2) is 11.5 Å². The van der Waals surface area contributed by atoms with Crippen molar-refractivity contribution >= 4 is 0 Å². The highest BCUT2D eigenvalue weighted by Crippen LogP contribution is 2.48. The summed E-state index contributed by atoms with van der Waals surface area (Å²) in [6, 6.07) is 5.07. The van der Waals surface area contributed by atoms with Crippen LogP contribution in [0.4, 0.5) is 8.78 Å². The number of hydrogen-bond acceptors (Lipinski definition) is 5. The van der Waals surface area contributed by atoms with Crippen LogP contribution in [0.5, 0.6) is 11.5 Å². The van der Waals surface area contributed by atoms with Crippen molar-refractivity contribution in [3.63, 3.8) is 0 Å². The number of alkyl halides is 2. The van der Waals surface area contributed by atoms with Crippen molar-refractivity contribution < 1.29 is 28.1 Å². The van der Waals surface area contributed by atoms with Crippen LogP contribution in [-0.4, -0.2) is 37.3 Å². The van der Waals surface area contributed by atoms with E-state index in [1.807, 2.05) is 0 Å². The van der Waals surface area contributed by atoms with Crippen molar-refractivity contribution in [2.75, 3.05) is 19.8 Å². The first-order chi connectivity index (χ1) is 12.5. The summed E-state index contributed by atoms with van der Waals surface area (Å²) >= 11 is 0. The monoisotopic (exact) mass is 369 g/mol. The van der Waals surface area contributed by atoms with Gasteiger partial charge in [0.25, 0.3) is 0 Å². The van der Waals surface area contributed by atoms with Crippen LogP contribution in [0.25, 0.3) is 0 Å². The normalized spacial score (nSPS) is 24.9. The van der Waals surface area contributed by atoms with Crippen molar-refractivity contribution in [2.45, 2.75) is 51.0 Å². The van der Waals surface area contributed by atoms with Gasteiger partial charge in [-0.15, -0.1) is 8.78 Å². The minimum atomic E-state index is -3.61. The summed E-state index contributed by atoms with van der Waals surface area (Å²) in [7, 11) is 0. The first-order valence-corrected chi connectivity index (χ1v) is 9.33. The zero-order valence-electron chi connectivity index (χ0n) is 14.7. The molecule has 144 valence electrons. The third-order valence-corrected chi connectivity index (χ3v) is 6.08. The largest absolute Gasteiger partial charge is 0.586 e. The summed E-state index contributed by atoms with van der Waals surface area (Å²) < 4.78 is 41.5. The summed E-state index contributed by atoms with van der Waals surface area (Å²) in [5.41, 5.74) is 0.519. The average molecular weight is 369 g/mol. The molecule has 0 spiro atoms. The number of benzene rings is 1. The highest BCUT2D eigenvalue weighted by molar-refractivity contribution is 5.48. The van der Waals surface area contributed by atoms with Gasteiger partial charge in [0.1, 0.15) is 0 Å². The lowest BCUT2D eigenvalue weighted by Crippen LogP contribution is -2.56. The smallest absolute Gasteiger partial charge is 0.396 e. The van der Waals surface area contributed by atoms with Crippen molar-refractivity contribution in [2.24, 2.45) is 11.3 Å². The van der Waals surface area contributed by atoms with Crippen LogP contribution in [0.2, 0.25) is 0 Å². The predicted molar refractivity (Wildman–Crippen MR) is 90.2 cm³/mol. The van der Waals surface area contributed by atoms with Gasteiger partial charge in [0, 0.05) is 36.8 Å². The van der Waals surface area contributed by atoms with Gasteiger partial charge in [-0.1, -0.05) is 18.6 Å². The minimum Gasteiger partial charge on any atom is -0.396 e. The molecular formula is C19H25F2NO4. The Kier molecular flexibility index (Phi) is 4.79. The van der Waals surface area contributed by atoms with Crippen LogP contribution in [0, 0.1) is 11.3 Å². The molecule has 4 rings (SSSR count). The van der Waals surface area contributed by atoms with E-state index >= 15 is 0 Å². The third-order valence-electron chi connectivity index (χ3n) is 6.08. The first-order valence-electron chi connectivity index (χ1n) is 9.33. The van der Waals surface area contributed by atoms with E-state index in [1.54, 1.807) is 12.1 Å². The van der Waals surface area contributed by atoms with E-state index in [2.05, 4.69) is 10.1 Å². The summed E-state index contributed by atoms with van der Waals surface area (Å²) in [6.07, 6.45) is 1.38. The molecule has 2 aliphatic heterocycles. The van der Waals surface area contributed by atoms with Gasteiger partial charge in [-0.3, -0.25) is 0 Å². The molecule has 1 aromatic rings. The molecule has 2 heterocycles. The van der Waals surface area contributed by atoms with Crippen molar-refractivity contribution in [1.29, 1.82) is 0 Å². The highest BCUT2D eigenvalue weighted by atomic mass is 19.3. The number of ether oxygens (including phenoxy) is 3. The molecule has 1 aliphatic carbocycles. The van der Waals surface area contributed by atoms with Crippen molar-refractivity contribution in [3.8, 4) is 11.5 Å². The fourth-order valence-corrected chi connectivity index (χ4v) is 4.51. The molecule has 0 amide bonds. The Morgan fingerprint density at radius 2 is 1.96 bits per heavy atom. The Labute approximate surface area is 151 Å². The number of hydrogen-bond donors (Lipinski definition) is 2. The van der Waals surface area contributed by atoms with Gasteiger partial charge in [-0.25, -0.2) is 0 Å². The van der Waals surface area contributed by atoms with Crippen LogP contribution in [-0.2, 0) is 11.3 Å². The summed E-state index contributed by atoms with van der Waals surface area (Å²) in [5, 5.41) is 13.6. The van der Waals surface area contributed by atoms with Gasteiger partial charge in [0.2, 0.25) is 0 Å². The summed E-state index contributed by atoms with van der Waals surface area (Å²) in [5.74, 6) is 0.575. The van der Waals surface area contributed by atoms with E-state index in [9.17, 15) is 13.9 Å². The molecule has 1 saturated heterocycles. The fraction of sp³-hybridized carbons (Fsp3) is 0.684. The van der Waals surface area contributed by atoms with Crippen molar-refractivity contribution in [1.82, 2.24) is 5.32 Å². The molecule has 0 aromatic heterocycles. The third kappa shape index (κ3) is 3.28. The zero-order valence-corrected chi connectivity index (χ0v) is 14.7. The Bertz CT molecular complexity index is 639. The molecule has 1 aromatic carbocycles. The number of nitrogens with one attached hydrogen (secondary N) is 1. The molecule has 1 unspecified atom stereocenters. The van der Waals surface area contributed by atoms with E-state index in [4.69, 9.17) is 9.47 Å². The SMILES string of the molecule is OCC1(C(NCc2cccc3c2OC(F)(F)O3)C2CCOCC2)CCC1. The van der Waals surface area contributed by atoms with Gasteiger partial charge in [-0.2, -0.15) is 0 Å². The summed E-state index contributed by atoms with van der Waals surface area (Å²) in [4.78, 5) is 0. The van der Waals surface area contributed by atoms with Crippen LogP contribution >= 0.6 is 0 Å². The maximum absolute atomic E-state index is 13.4. The quantitative estimate of drug-likeness (QED) is 0.807. The first kappa shape index (κ1) is 17.9. The Hall–Kier alpha value is -1.44. The second-order valence-electron chi connectivity index (χ2n) is 7.59. The molecule has 2 fully saturated rings. The number of halogens is 2. The van der Waals surface area contributed by atoms with Crippen LogP contribution in [0.15, 0.2) is 18.2 Å². The highest BCUT2D eigenvalue weighted by Gasteiger charge is 2.47. The lowest BCUT2D eigenvalue weighted by atomic mass is 9.60. The van der Waals surface area contributed by atoms with Gasteiger partial charge >= 0.3 is 6.29 Å². The number of fused-ring (bicyclic) bond motifs is 1. The summed E-state index contributed by atoms with van der Waals surface area (Å²) in [6.45, 7) is 2.00. The zero-order chi connectivity index (χ0) is 18.2. The molecule has 26 heavy (non-hydrogen) atoms. The van der Waals surface area contributed by atoms with E-state index in [1.165, 1.54) is 6.07 Å². The maximum Gasteiger partial charge on any atom is 0.586 e. The second-order valence-corrected chi connectivity index (χ2v) is 7.59. The average Bonchev–Trinajstić information content (AvgIpc) is 2.92. The van der Waals surface area contributed by atoms with Gasteiger partial charge in [-0.05, 0) is 37.7 Å². The van der Waals surface area contributed by atoms with E-state index in [-0.39, 0.29) is 29.6 Å². The molecule has 1 atom stereocenters. The number of para-hydroxylation sites is 1. The van der Waals surface area contributed by atoms with E-state index in [0.29, 0.717) is 18.0 Å².